The molecule has 1 aliphatic carbocycles. The Hall–Kier alpha value is 0.723. The zero-order chi connectivity index (χ0) is 8.55. The van der Waals surface area contributed by atoms with Gasteiger partial charge in [-0.1, -0.05) is 30.3 Å². The summed E-state index contributed by atoms with van der Waals surface area (Å²) in [4.78, 5) is 0. The third-order valence-electron chi connectivity index (χ3n) is 2.36. The van der Waals surface area contributed by atoms with Crippen LogP contribution < -0.4 is 24.8 Å². The average molecular weight is 337 g/mol. The number of halogens is 2. The fourth-order valence-electron chi connectivity index (χ4n) is 1.45. The number of aryl methyl sites for hydroxylation is 1. The third kappa shape index (κ3) is 3.90. The predicted molar refractivity (Wildman–Crippen MR) is 55.8 cm³/mol. The third-order valence-corrected chi connectivity index (χ3v) is 3.87. The molecule has 1 heterocycles. The molecular weight excluding hydrogens is 325 g/mol. The van der Waals surface area contributed by atoms with Gasteiger partial charge in [0.15, 0.2) is 0 Å². The number of hydrogen-bond donors (Lipinski definition) is 0. The van der Waals surface area contributed by atoms with Gasteiger partial charge in [0.05, 0.1) is 0 Å². The zero-order valence-corrected chi connectivity index (χ0v) is 13.7. The van der Waals surface area contributed by atoms with E-state index in [9.17, 15) is 0 Å². The maximum absolute atomic E-state index is 3.37. The Balaban J connectivity index is 0. The fourth-order valence-corrected chi connectivity index (χ4v) is 2.77. The first-order valence-corrected chi connectivity index (χ1v) is 5.29. The Morgan fingerprint density at radius 3 is 2.33 bits per heavy atom. The molecule has 0 spiro atoms. The summed E-state index contributed by atoms with van der Waals surface area (Å²) in [5.41, 5.74) is 4.24. The molecule has 1 aromatic heterocycles. The molecule has 0 nitrogen and oxygen atoms in total. The molecule has 15 heavy (non-hydrogen) atoms. The maximum atomic E-state index is 3.37. The monoisotopic (exact) mass is 335 g/mol. The molecule has 4 heteroatoms. The first-order valence-electron chi connectivity index (χ1n) is 4.21. The van der Waals surface area contributed by atoms with Gasteiger partial charge in [-0.2, -0.15) is 25.9 Å². The van der Waals surface area contributed by atoms with Gasteiger partial charge in [0.2, 0.25) is 0 Å². The fraction of sp³-hybridized carbons (Fsp3) is 0.273. The Kier molecular flexibility index (Phi) is 9.54. The van der Waals surface area contributed by atoms with Gasteiger partial charge in [-0.3, -0.25) is 0 Å². The van der Waals surface area contributed by atoms with Crippen molar-refractivity contribution in [2.45, 2.75) is 20.3 Å². The Morgan fingerprint density at radius 1 is 1.27 bits per heavy atom. The predicted octanol–water partition coefficient (Wildman–Crippen LogP) is -2.51. The van der Waals surface area contributed by atoms with E-state index in [-0.39, 0.29) is 51.0 Å². The number of rotatable bonds is 1. The van der Waals surface area contributed by atoms with Crippen LogP contribution in [0.15, 0.2) is 18.0 Å². The van der Waals surface area contributed by atoms with E-state index in [4.69, 9.17) is 0 Å². The number of hydrogen-bond acceptors (Lipinski definition) is 0. The summed E-state index contributed by atoms with van der Waals surface area (Å²) in [5.74, 6) is 2.32. The Bertz CT molecular complexity index is 367. The van der Waals surface area contributed by atoms with E-state index >= 15 is 0 Å². The van der Waals surface area contributed by atoms with Crippen LogP contribution >= 0.6 is 8.19 Å². The van der Waals surface area contributed by atoms with Crippen LogP contribution in [0, 0.1) is 19.9 Å². The molecule has 0 saturated carbocycles. The minimum atomic E-state index is 0. The van der Waals surface area contributed by atoms with Crippen molar-refractivity contribution in [3.8, 4) is 0 Å². The van der Waals surface area contributed by atoms with Crippen molar-refractivity contribution < 1.29 is 51.0 Å². The summed E-state index contributed by atoms with van der Waals surface area (Å²) in [6.07, 6.45) is 8.73. The van der Waals surface area contributed by atoms with Gasteiger partial charge < -0.3 is 24.8 Å². The van der Waals surface area contributed by atoms with Crippen LogP contribution in [0.25, 0.3) is 5.57 Å². The summed E-state index contributed by atoms with van der Waals surface area (Å²) in [5, 5.41) is 1.50. The molecule has 79 valence electrons. The summed E-state index contributed by atoms with van der Waals surface area (Å²) in [6.45, 7) is 4.40. The van der Waals surface area contributed by atoms with Crippen LogP contribution in [-0.4, -0.2) is 0 Å². The van der Waals surface area contributed by atoms with Crippen molar-refractivity contribution in [3.05, 3.63) is 40.4 Å². The van der Waals surface area contributed by atoms with Crippen LogP contribution in [-0.2, 0) is 26.2 Å². The van der Waals surface area contributed by atoms with E-state index in [1.165, 1.54) is 22.0 Å². The molecule has 2 rings (SSSR count). The molecule has 0 aliphatic heterocycles. The van der Waals surface area contributed by atoms with E-state index in [2.05, 4.69) is 37.9 Å². The zero-order valence-electron chi connectivity index (χ0n) is 8.70. The molecule has 1 aromatic rings. The second kappa shape index (κ2) is 7.91. The van der Waals surface area contributed by atoms with Crippen LogP contribution in [0.2, 0.25) is 0 Å². The van der Waals surface area contributed by atoms with Gasteiger partial charge in [-0.05, 0) is 6.92 Å². The van der Waals surface area contributed by atoms with E-state index in [0.29, 0.717) is 0 Å². The molecule has 1 aliphatic rings. The second-order valence-corrected chi connectivity index (χ2v) is 4.25. The van der Waals surface area contributed by atoms with Crippen molar-refractivity contribution in [1.29, 1.82) is 0 Å². The molecule has 0 aromatic carbocycles. The molecule has 0 N–H and O–H groups in total. The SMILES string of the molecule is Cc1c[pH]c(C2=[C-]CC=C2)c1C.[Cl-].[Cl-].[Zr+3]. The topological polar surface area (TPSA) is 0 Å². The second-order valence-electron chi connectivity index (χ2n) is 3.17. The molecule has 1 radical (unpaired) electrons. The number of allylic oxidation sites excluding steroid dienone is 4. The van der Waals surface area contributed by atoms with Crippen LogP contribution in [0.1, 0.15) is 22.8 Å². The summed E-state index contributed by atoms with van der Waals surface area (Å²) in [7, 11) is 0.861. The standard InChI is InChI=1S/C11H12P.2ClH.Zr/c1-8-7-12-11(9(8)2)10-5-3-4-6-10;;;/h3,5,7,12H,4H2,1-2H3;2*1H;/q-1;;;+3/p-2. The molecule has 0 saturated heterocycles. The molecule has 0 fully saturated rings. The largest absolute Gasteiger partial charge is 3.00 e. The van der Waals surface area contributed by atoms with Gasteiger partial charge in [0, 0.05) is 0 Å². The van der Waals surface area contributed by atoms with E-state index in [0.717, 1.165) is 14.6 Å². The van der Waals surface area contributed by atoms with E-state index < -0.39 is 0 Å². The van der Waals surface area contributed by atoms with Crippen molar-refractivity contribution in [2.24, 2.45) is 0 Å². The molecule has 0 bridgehead atoms. The van der Waals surface area contributed by atoms with E-state index in [1.54, 1.807) is 0 Å². The van der Waals surface area contributed by atoms with Gasteiger partial charge in [-0.15, -0.1) is 11.4 Å². The van der Waals surface area contributed by atoms with Gasteiger partial charge in [0.25, 0.3) is 0 Å². The average Bonchev–Trinajstić information content (AvgIpc) is 2.64. The van der Waals surface area contributed by atoms with Gasteiger partial charge in [0.1, 0.15) is 0 Å². The molecule has 0 amide bonds. The van der Waals surface area contributed by atoms with Gasteiger partial charge in [-0.25, -0.2) is 0 Å². The van der Waals surface area contributed by atoms with Crippen LogP contribution in [0.5, 0.6) is 0 Å². The van der Waals surface area contributed by atoms with Gasteiger partial charge >= 0.3 is 26.2 Å². The summed E-state index contributed by atoms with van der Waals surface area (Å²) < 4.78 is 0. The minimum absolute atomic E-state index is 0. The maximum Gasteiger partial charge on any atom is 3.00 e. The van der Waals surface area contributed by atoms with Crippen LogP contribution in [0.4, 0.5) is 0 Å². The normalized spacial score (nSPS) is 12.8. The van der Waals surface area contributed by atoms with Crippen molar-refractivity contribution in [1.82, 2.24) is 0 Å². The first kappa shape index (κ1) is 18.1. The Morgan fingerprint density at radius 2 is 1.93 bits per heavy atom. The minimum Gasteiger partial charge on any atom is -1.00 e. The molecule has 1 unspecified atom stereocenters. The molecule has 1 atom stereocenters. The van der Waals surface area contributed by atoms with Crippen LogP contribution in [0.3, 0.4) is 0 Å². The molecular formula is C11H12Cl2PZr. The summed E-state index contributed by atoms with van der Waals surface area (Å²) >= 11 is 0. The van der Waals surface area contributed by atoms with Crippen molar-refractivity contribution in [2.75, 3.05) is 0 Å². The quantitative estimate of drug-likeness (QED) is 0.497. The van der Waals surface area contributed by atoms with Crippen molar-refractivity contribution in [3.63, 3.8) is 0 Å². The smallest absolute Gasteiger partial charge is 1.00 e. The Labute approximate surface area is 125 Å². The first-order chi connectivity index (χ1) is 5.79. The summed E-state index contributed by atoms with van der Waals surface area (Å²) in [6, 6.07) is 0. The van der Waals surface area contributed by atoms with E-state index in [1.807, 2.05) is 0 Å². The van der Waals surface area contributed by atoms with Crippen molar-refractivity contribution >= 4 is 13.8 Å².